The molecule has 0 unspecified atom stereocenters. The molecular formula is C17H27ClN2O. The van der Waals surface area contributed by atoms with E-state index in [2.05, 4.69) is 13.8 Å². The van der Waals surface area contributed by atoms with E-state index in [9.17, 15) is 4.79 Å². The number of carbonyl (C=O) groups excluding carboxylic acids is 1. The van der Waals surface area contributed by atoms with Gasteiger partial charge in [0.2, 0.25) is 5.91 Å². The van der Waals surface area contributed by atoms with Crippen LogP contribution in [0.3, 0.4) is 0 Å². The molecule has 0 atom stereocenters. The van der Waals surface area contributed by atoms with E-state index in [-0.39, 0.29) is 18.3 Å². The second kappa shape index (κ2) is 7.69. The highest BCUT2D eigenvalue weighted by Crippen LogP contribution is 2.34. The highest BCUT2D eigenvalue weighted by atomic mass is 35.5. The van der Waals surface area contributed by atoms with Gasteiger partial charge in [-0.15, -0.1) is 12.4 Å². The fraction of sp³-hybridized carbons (Fsp3) is 0.588. The van der Waals surface area contributed by atoms with Crippen LogP contribution >= 0.6 is 12.4 Å². The van der Waals surface area contributed by atoms with Crippen molar-refractivity contribution < 1.29 is 4.79 Å². The summed E-state index contributed by atoms with van der Waals surface area (Å²) in [6.07, 6.45) is 4.77. The maximum Gasteiger partial charge on any atom is 0.222 e. The Labute approximate surface area is 134 Å². The van der Waals surface area contributed by atoms with E-state index in [0.29, 0.717) is 11.8 Å². The molecule has 1 aromatic rings. The zero-order chi connectivity index (χ0) is 14.6. The molecule has 1 amide bonds. The van der Waals surface area contributed by atoms with Crippen LogP contribution in [-0.4, -0.2) is 23.9 Å². The Kier molecular flexibility index (Phi) is 6.53. The SMILES string of the molecule is CCC1(C)CCN(C(=O)CCc2ccccc2N)CC1.Cl. The molecule has 0 aromatic heterocycles. The maximum absolute atomic E-state index is 12.3. The lowest BCUT2D eigenvalue weighted by molar-refractivity contribution is -0.133. The summed E-state index contributed by atoms with van der Waals surface area (Å²) in [6, 6.07) is 7.81. The first-order valence-corrected chi connectivity index (χ1v) is 7.65. The van der Waals surface area contributed by atoms with Crippen molar-refractivity contribution in [2.75, 3.05) is 18.8 Å². The van der Waals surface area contributed by atoms with Gasteiger partial charge in [-0.2, -0.15) is 0 Å². The molecule has 21 heavy (non-hydrogen) atoms. The zero-order valence-corrected chi connectivity index (χ0v) is 13.9. The van der Waals surface area contributed by atoms with Gasteiger partial charge in [-0.25, -0.2) is 0 Å². The fourth-order valence-electron chi connectivity index (χ4n) is 2.81. The number of anilines is 1. The third-order valence-corrected chi connectivity index (χ3v) is 4.84. The summed E-state index contributed by atoms with van der Waals surface area (Å²) >= 11 is 0. The second-order valence-corrected chi connectivity index (χ2v) is 6.24. The monoisotopic (exact) mass is 310 g/mol. The number of nitrogen functional groups attached to an aromatic ring is 1. The average Bonchev–Trinajstić information content (AvgIpc) is 2.47. The number of benzene rings is 1. The molecule has 1 heterocycles. The molecule has 1 fully saturated rings. The van der Waals surface area contributed by atoms with Crippen molar-refractivity contribution in [3.05, 3.63) is 29.8 Å². The first-order valence-electron chi connectivity index (χ1n) is 7.65. The third kappa shape index (κ3) is 4.63. The Morgan fingerprint density at radius 2 is 1.90 bits per heavy atom. The summed E-state index contributed by atoms with van der Waals surface area (Å²) in [5.74, 6) is 0.270. The Morgan fingerprint density at radius 1 is 1.29 bits per heavy atom. The van der Waals surface area contributed by atoms with Gasteiger partial charge in [0.1, 0.15) is 0 Å². The van der Waals surface area contributed by atoms with Crippen LogP contribution in [0, 0.1) is 5.41 Å². The normalized spacial score (nSPS) is 17.1. The number of nitrogens with zero attached hydrogens (tertiary/aromatic N) is 1. The van der Waals surface area contributed by atoms with Crippen LogP contribution in [0.5, 0.6) is 0 Å². The lowest BCUT2D eigenvalue weighted by atomic mass is 9.78. The van der Waals surface area contributed by atoms with Crippen molar-refractivity contribution >= 4 is 24.0 Å². The number of carbonyl (C=O) groups is 1. The molecule has 1 aliphatic rings. The Hall–Kier alpha value is -1.22. The fourth-order valence-corrected chi connectivity index (χ4v) is 2.81. The minimum absolute atomic E-state index is 0. The van der Waals surface area contributed by atoms with E-state index in [0.717, 1.165) is 43.6 Å². The van der Waals surface area contributed by atoms with Crippen LogP contribution in [0.2, 0.25) is 0 Å². The van der Waals surface area contributed by atoms with Gasteiger partial charge >= 0.3 is 0 Å². The number of likely N-dealkylation sites (tertiary alicyclic amines) is 1. The van der Waals surface area contributed by atoms with E-state index in [1.54, 1.807) is 0 Å². The van der Waals surface area contributed by atoms with Crippen LogP contribution < -0.4 is 5.73 Å². The molecule has 118 valence electrons. The summed E-state index contributed by atoms with van der Waals surface area (Å²) in [5.41, 5.74) is 8.21. The first kappa shape index (κ1) is 17.8. The van der Waals surface area contributed by atoms with E-state index < -0.39 is 0 Å². The minimum atomic E-state index is 0. The van der Waals surface area contributed by atoms with Crippen molar-refractivity contribution in [3.8, 4) is 0 Å². The van der Waals surface area contributed by atoms with Gasteiger partial charge in [-0.1, -0.05) is 38.5 Å². The van der Waals surface area contributed by atoms with Crippen molar-refractivity contribution in [2.24, 2.45) is 5.41 Å². The molecule has 0 aliphatic carbocycles. The largest absolute Gasteiger partial charge is 0.399 e. The highest BCUT2D eigenvalue weighted by molar-refractivity contribution is 5.85. The number of hydrogen-bond donors (Lipinski definition) is 1. The average molecular weight is 311 g/mol. The molecule has 2 rings (SSSR count). The first-order chi connectivity index (χ1) is 9.54. The van der Waals surface area contributed by atoms with Crippen LogP contribution in [0.15, 0.2) is 24.3 Å². The van der Waals surface area contributed by atoms with Gasteiger partial charge in [-0.3, -0.25) is 4.79 Å². The van der Waals surface area contributed by atoms with Crippen LogP contribution in [-0.2, 0) is 11.2 Å². The lowest BCUT2D eigenvalue weighted by Crippen LogP contribution is -2.42. The Balaban J connectivity index is 0.00000220. The van der Waals surface area contributed by atoms with Crippen molar-refractivity contribution in [3.63, 3.8) is 0 Å². The van der Waals surface area contributed by atoms with Crippen molar-refractivity contribution in [1.29, 1.82) is 0 Å². The molecule has 0 saturated carbocycles. The lowest BCUT2D eigenvalue weighted by Gasteiger charge is -2.39. The van der Waals surface area contributed by atoms with E-state index in [1.807, 2.05) is 29.2 Å². The molecule has 1 aliphatic heterocycles. The minimum Gasteiger partial charge on any atom is -0.399 e. The highest BCUT2D eigenvalue weighted by Gasteiger charge is 2.29. The maximum atomic E-state index is 12.3. The number of hydrogen-bond acceptors (Lipinski definition) is 2. The zero-order valence-electron chi connectivity index (χ0n) is 13.1. The number of piperidine rings is 1. The third-order valence-electron chi connectivity index (χ3n) is 4.84. The summed E-state index contributed by atoms with van der Waals surface area (Å²) in [7, 11) is 0. The van der Waals surface area contributed by atoms with Gasteiger partial charge < -0.3 is 10.6 Å². The van der Waals surface area contributed by atoms with Crippen LogP contribution in [0.4, 0.5) is 5.69 Å². The molecule has 0 spiro atoms. The molecule has 1 saturated heterocycles. The van der Waals surface area contributed by atoms with E-state index >= 15 is 0 Å². The second-order valence-electron chi connectivity index (χ2n) is 6.24. The van der Waals surface area contributed by atoms with E-state index in [1.165, 1.54) is 6.42 Å². The summed E-state index contributed by atoms with van der Waals surface area (Å²) in [5, 5.41) is 0. The summed E-state index contributed by atoms with van der Waals surface area (Å²) < 4.78 is 0. The van der Waals surface area contributed by atoms with Gasteiger partial charge in [0.05, 0.1) is 0 Å². The smallest absolute Gasteiger partial charge is 0.222 e. The molecule has 4 heteroatoms. The van der Waals surface area contributed by atoms with Crippen molar-refractivity contribution in [2.45, 2.75) is 46.0 Å². The topological polar surface area (TPSA) is 46.3 Å². The molecule has 0 radical (unpaired) electrons. The standard InChI is InChI=1S/C17H26N2O.ClH/c1-3-17(2)10-12-19(13-11-17)16(20)9-8-14-6-4-5-7-15(14)18;/h4-7H,3,8-13,18H2,1-2H3;1H. The summed E-state index contributed by atoms with van der Waals surface area (Å²) in [6.45, 7) is 6.40. The molecular weight excluding hydrogens is 284 g/mol. The number of para-hydroxylation sites is 1. The Bertz CT molecular complexity index is 468. The number of halogens is 1. The van der Waals surface area contributed by atoms with Crippen molar-refractivity contribution in [1.82, 2.24) is 4.90 Å². The number of nitrogens with two attached hydrogens (primary N) is 1. The van der Waals surface area contributed by atoms with Gasteiger partial charge in [0, 0.05) is 25.2 Å². The van der Waals surface area contributed by atoms with Crippen LogP contribution in [0.25, 0.3) is 0 Å². The number of rotatable bonds is 4. The van der Waals surface area contributed by atoms with Gasteiger partial charge in [0.15, 0.2) is 0 Å². The molecule has 0 bridgehead atoms. The van der Waals surface area contributed by atoms with Gasteiger partial charge in [-0.05, 0) is 36.3 Å². The molecule has 1 aromatic carbocycles. The van der Waals surface area contributed by atoms with E-state index in [4.69, 9.17) is 5.73 Å². The van der Waals surface area contributed by atoms with Gasteiger partial charge in [0.25, 0.3) is 0 Å². The number of amides is 1. The quantitative estimate of drug-likeness (QED) is 0.863. The number of aryl methyl sites for hydroxylation is 1. The Morgan fingerprint density at radius 3 is 2.48 bits per heavy atom. The van der Waals surface area contributed by atoms with Crippen LogP contribution in [0.1, 0.15) is 45.1 Å². The molecule has 3 nitrogen and oxygen atoms in total. The summed E-state index contributed by atoms with van der Waals surface area (Å²) in [4.78, 5) is 14.3. The predicted octanol–water partition coefficient (Wildman–Crippen LogP) is 3.66. The predicted molar refractivity (Wildman–Crippen MR) is 90.6 cm³/mol. The molecule has 2 N–H and O–H groups in total.